The van der Waals surface area contributed by atoms with E-state index in [1.165, 1.54) is 12.3 Å². The van der Waals surface area contributed by atoms with E-state index in [2.05, 4.69) is 57.0 Å². The summed E-state index contributed by atoms with van der Waals surface area (Å²) in [6.07, 6.45) is 1.35. The molecule has 10 nitrogen and oxygen atoms in total. The first-order chi connectivity index (χ1) is 19.7. The number of carbonyl (C=O) groups excluding carboxylic acids is 1. The van der Waals surface area contributed by atoms with Gasteiger partial charge in [-0.3, -0.25) is 4.79 Å². The molecule has 0 radical (unpaired) electrons. The zero-order valence-electron chi connectivity index (χ0n) is 22.4. The molecular weight excluding hydrogens is 618 g/mol. The molecular formula is C29H27BrClN3O7. The number of hydrogen-bond donors (Lipinski definition) is 2. The van der Waals surface area contributed by atoms with Crippen molar-refractivity contribution < 1.29 is 33.3 Å². The molecule has 2 N–H and O–H groups in total. The van der Waals surface area contributed by atoms with Crippen molar-refractivity contribution in [2.75, 3.05) is 13.2 Å². The van der Waals surface area contributed by atoms with E-state index in [-0.39, 0.29) is 35.5 Å². The van der Waals surface area contributed by atoms with Crippen LogP contribution in [-0.4, -0.2) is 41.0 Å². The zero-order valence-corrected chi connectivity index (χ0v) is 24.8. The molecule has 0 aliphatic carbocycles. The third-order valence-corrected chi connectivity index (χ3v) is 7.24. The number of aryl methyl sites for hydroxylation is 2. The lowest BCUT2D eigenvalue weighted by atomic mass is 10.2. The summed E-state index contributed by atoms with van der Waals surface area (Å²) in [5, 5.41) is 13.0. The Morgan fingerprint density at radius 1 is 1.07 bits per heavy atom. The van der Waals surface area contributed by atoms with E-state index in [9.17, 15) is 9.59 Å². The number of rotatable bonds is 12. The van der Waals surface area contributed by atoms with Crippen LogP contribution in [0, 0.1) is 13.8 Å². The van der Waals surface area contributed by atoms with E-state index in [0.29, 0.717) is 21.5 Å². The molecule has 0 bridgehead atoms. The summed E-state index contributed by atoms with van der Waals surface area (Å²) >= 11 is 9.70. The molecule has 2 heterocycles. The number of nitrogens with zero attached hydrogens (tertiary/aromatic N) is 2. The summed E-state index contributed by atoms with van der Waals surface area (Å²) in [5.74, 6) is -0.229. The molecule has 0 aliphatic rings. The van der Waals surface area contributed by atoms with E-state index >= 15 is 0 Å². The van der Waals surface area contributed by atoms with Gasteiger partial charge in [-0.1, -0.05) is 11.6 Å². The number of nitrogens with one attached hydrogen (secondary N) is 1. The maximum absolute atomic E-state index is 12.6. The fourth-order valence-corrected chi connectivity index (χ4v) is 4.60. The van der Waals surface area contributed by atoms with Crippen LogP contribution in [-0.2, 0) is 11.4 Å². The fraction of sp³-hybridized carbons (Fsp3) is 0.207. The van der Waals surface area contributed by atoms with Gasteiger partial charge in [-0.15, -0.1) is 0 Å². The Hall–Kier alpha value is -4.22. The van der Waals surface area contributed by atoms with Crippen molar-refractivity contribution in [3.8, 4) is 22.9 Å². The molecule has 12 heteroatoms. The van der Waals surface area contributed by atoms with Gasteiger partial charge in [-0.05, 0) is 91.3 Å². The first-order valence-corrected chi connectivity index (χ1v) is 13.6. The van der Waals surface area contributed by atoms with Gasteiger partial charge in [0, 0.05) is 27.1 Å². The normalized spacial score (nSPS) is 11.0. The van der Waals surface area contributed by atoms with Crippen LogP contribution >= 0.6 is 27.5 Å². The van der Waals surface area contributed by atoms with Gasteiger partial charge in [0.15, 0.2) is 23.9 Å². The van der Waals surface area contributed by atoms with Gasteiger partial charge in [-0.25, -0.2) is 10.2 Å². The van der Waals surface area contributed by atoms with Crippen molar-refractivity contribution in [1.82, 2.24) is 9.99 Å². The molecule has 214 valence electrons. The summed E-state index contributed by atoms with van der Waals surface area (Å²) in [5.41, 5.74) is 6.19. The highest BCUT2D eigenvalue weighted by Gasteiger charge is 2.18. The fourth-order valence-electron chi connectivity index (χ4n) is 3.94. The van der Waals surface area contributed by atoms with Crippen LogP contribution in [0.3, 0.4) is 0 Å². The Labute approximate surface area is 249 Å². The number of hydrazone groups is 1. The van der Waals surface area contributed by atoms with E-state index in [4.69, 9.17) is 35.3 Å². The maximum atomic E-state index is 12.6. The van der Waals surface area contributed by atoms with Gasteiger partial charge < -0.3 is 28.3 Å². The number of benzene rings is 2. The maximum Gasteiger partial charge on any atom is 0.341 e. The van der Waals surface area contributed by atoms with Crippen molar-refractivity contribution in [3.63, 3.8) is 0 Å². The third-order valence-electron chi connectivity index (χ3n) is 5.80. The molecule has 2 aromatic carbocycles. The molecule has 2 aromatic heterocycles. The van der Waals surface area contributed by atoms with Crippen molar-refractivity contribution in [3.05, 3.63) is 92.6 Å². The molecule has 0 unspecified atom stereocenters. The molecule has 0 saturated carbocycles. The second-order valence-corrected chi connectivity index (χ2v) is 9.91. The van der Waals surface area contributed by atoms with Crippen LogP contribution in [0.15, 0.2) is 68.6 Å². The van der Waals surface area contributed by atoms with Gasteiger partial charge in [0.2, 0.25) is 0 Å². The van der Waals surface area contributed by atoms with E-state index < -0.39 is 18.5 Å². The highest BCUT2D eigenvalue weighted by Crippen LogP contribution is 2.42. The molecule has 4 rings (SSSR count). The number of carboxylic acids is 1. The molecule has 1 amide bonds. The van der Waals surface area contributed by atoms with E-state index in [1.54, 1.807) is 19.1 Å². The Morgan fingerprint density at radius 2 is 1.78 bits per heavy atom. The predicted octanol–water partition coefficient (Wildman–Crippen LogP) is 6.31. The number of furan rings is 1. The number of halogens is 2. The number of amides is 1. The van der Waals surface area contributed by atoms with Crippen molar-refractivity contribution in [1.29, 1.82) is 0 Å². The number of aliphatic carboxylic acids is 1. The van der Waals surface area contributed by atoms with Crippen LogP contribution in [0.2, 0.25) is 5.02 Å². The summed E-state index contributed by atoms with van der Waals surface area (Å²) in [4.78, 5) is 23.5. The van der Waals surface area contributed by atoms with Crippen LogP contribution in [0.25, 0.3) is 5.69 Å². The largest absolute Gasteiger partial charge is 0.490 e. The van der Waals surface area contributed by atoms with Gasteiger partial charge >= 0.3 is 11.9 Å². The summed E-state index contributed by atoms with van der Waals surface area (Å²) in [7, 11) is 0. The van der Waals surface area contributed by atoms with Gasteiger partial charge in [-0.2, -0.15) is 5.10 Å². The number of carboxylic acid groups (broad SMARTS) is 1. The second kappa shape index (κ2) is 13.4. The SMILES string of the molecule is CCOc1cc(/C=N/NC(=O)c2ccc(COc3ccc(-n4c(C)ccc4C)cc3)o2)c(Br)c(Cl)c1OCC(=O)O. The lowest BCUT2D eigenvalue weighted by Gasteiger charge is -2.15. The van der Waals surface area contributed by atoms with Crippen LogP contribution in [0.5, 0.6) is 17.2 Å². The first-order valence-electron chi connectivity index (χ1n) is 12.5. The Balaban J connectivity index is 1.36. The Morgan fingerprint density at radius 3 is 2.44 bits per heavy atom. The smallest absolute Gasteiger partial charge is 0.341 e. The van der Waals surface area contributed by atoms with Gasteiger partial charge in [0.25, 0.3) is 0 Å². The monoisotopic (exact) mass is 643 g/mol. The zero-order chi connectivity index (χ0) is 29.5. The van der Waals surface area contributed by atoms with E-state index in [1.807, 2.05) is 24.3 Å². The van der Waals surface area contributed by atoms with Crippen LogP contribution in [0.1, 0.15) is 40.2 Å². The van der Waals surface area contributed by atoms with Crippen molar-refractivity contribution >= 4 is 45.6 Å². The summed E-state index contributed by atoms with van der Waals surface area (Å²) < 4.78 is 24.8. The Bertz CT molecular complexity index is 1560. The minimum atomic E-state index is -1.16. The lowest BCUT2D eigenvalue weighted by Crippen LogP contribution is -2.17. The molecule has 0 fully saturated rings. The van der Waals surface area contributed by atoms with Crippen molar-refractivity contribution in [2.24, 2.45) is 5.10 Å². The Kier molecular flexibility index (Phi) is 9.74. The van der Waals surface area contributed by atoms with Crippen LogP contribution in [0.4, 0.5) is 0 Å². The van der Waals surface area contributed by atoms with E-state index in [0.717, 1.165) is 17.1 Å². The quantitative estimate of drug-likeness (QED) is 0.137. The topological polar surface area (TPSA) is 125 Å². The molecule has 41 heavy (non-hydrogen) atoms. The third kappa shape index (κ3) is 7.30. The molecule has 0 spiro atoms. The number of carbonyl (C=O) groups is 2. The number of hydrogen-bond acceptors (Lipinski definition) is 7. The predicted molar refractivity (Wildman–Crippen MR) is 157 cm³/mol. The molecule has 0 atom stereocenters. The number of aromatic nitrogens is 1. The highest BCUT2D eigenvalue weighted by molar-refractivity contribution is 9.10. The molecule has 0 aliphatic heterocycles. The van der Waals surface area contributed by atoms with Crippen LogP contribution < -0.4 is 19.6 Å². The lowest BCUT2D eigenvalue weighted by molar-refractivity contribution is -0.139. The molecule has 4 aromatic rings. The molecule has 0 saturated heterocycles. The number of ether oxygens (including phenoxy) is 3. The standard InChI is InChI=1S/C29H27BrClN3O7/c1-4-38-24-13-19(26(30)27(31)28(24)40-16-25(35)36)14-32-33-29(37)23-12-11-22(41-23)15-39-21-9-7-20(8-10-21)34-17(2)5-6-18(34)3/h5-14H,4,15-16H2,1-3H3,(H,33,37)(H,35,36)/b32-14+. The second-order valence-electron chi connectivity index (χ2n) is 8.74. The minimum absolute atomic E-state index is 0.0548. The minimum Gasteiger partial charge on any atom is -0.490 e. The average Bonchev–Trinajstić information content (AvgIpc) is 3.56. The van der Waals surface area contributed by atoms with Gasteiger partial charge in [0.05, 0.1) is 12.8 Å². The summed E-state index contributed by atoms with van der Waals surface area (Å²) in [6.45, 7) is 5.71. The highest BCUT2D eigenvalue weighted by atomic mass is 79.9. The van der Waals surface area contributed by atoms with Crippen molar-refractivity contribution in [2.45, 2.75) is 27.4 Å². The average molecular weight is 645 g/mol. The van der Waals surface area contributed by atoms with Gasteiger partial charge in [0.1, 0.15) is 23.1 Å². The summed E-state index contributed by atoms with van der Waals surface area (Å²) in [6, 6.07) is 16.6. The first kappa shape index (κ1) is 29.8.